The molecule has 0 aliphatic carbocycles. The lowest BCUT2D eigenvalue weighted by atomic mass is 10.2. The van der Waals surface area contributed by atoms with Crippen LogP contribution in [0, 0.1) is 0 Å². The monoisotopic (exact) mass is 292 g/mol. The summed E-state index contributed by atoms with van der Waals surface area (Å²) in [5.74, 6) is 0.666. The number of benzene rings is 1. The lowest BCUT2D eigenvalue weighted by Gasteiger charge is -2.01. The SMILES string of the molecule is Cl.Clc1cccc(Cl)c1/C=N/NC1=NCCN1. The van der Waals surface area contributed by atoms with Crippen molar-refractivity contribution in [2.24, 2.45) is 10.1 Å². The Morgan fingerprint density at radius 2 is 2.06 bits per heavy atom. The van der Waals surface area contributed by atoms with Gasteiger partial charge in [0.25, 0.3) is 0 Å². The van der Waals surface area contributed by atoms with Crippen LogP contribution in [0.15, 0.2) is 28.3 Å². The van der Waals surface area contributed by atoms with Crippen LogP contribution in [0.3, 0.4) is 0 Å². The third-order valence-electron chi connectivity index (χ3n) is 2.04. The second kappa shape index (κ2) is 6.69. The highest BCUT2D eigenvalue weighted by Crippen LogP contribution is 2.21. The molecule has 0 amide bonds. The molecule has 92 valence electrons. The standard InChI is InChI=1S/C10H10Cl2N4.ClH/c11-8-2-1-3-9(12)7(8)6-15-16-10-13-4-5-14-10;/h1-3,6H,4-5H2,(H2,13,14,16);1H/b15-6+;. The molecular formula is C10H11Cl3N4. The number of hydrazone groups is 1. The van der Waals surface area contributed by atoms with E-state index in [9.17, 15) is 0 Å². The van der Waals surface area contributed by atoms with Crippen LogP contribution in [0.4, 0.5) is 0 Å². The van der Waals surface area contributed by atoms with Gasteiger partial charge in [0.15, 0.2) is 0 Å². The van der Waals surface area contributed by atoms with E-state index >= 15 is 0 Å². The molecule has 0 aromatic heterocycles. The third-order valence-corrected chi connectivity index (χ3v) is 2.70. The van der Waals surface area contributed by atoms with Gasteiger partial charge in [-0.3, -0.25) is 0 Å². The van der Waals surface area contributed by atoms with Gasteiger partial charge in [-0.25, -0.2) is 10.4 Å². The molecule has 1 aliphatic heterocycles. The van der Waals surface area contributed by atoms with E-state index in [0.29, 0.717) is 21.6 Å². The summed E-state index contributed by atoms with van der Waals surface area (Å²) in [6.07, 6.45) is 1.58. The Labute approximate surface area is 116 Å². The smallest absolute Gasteiger partial charge is 0.212 e. The van der Waals surface area contributed by atoms with Crippen molar-refractivity contribution in [2.45, 2.75) is 0 Å². The highest BCUT2D eigenvalue weighted by Gasteiger charge is 2.03. The molecular weight excluding hydrogens is 282 g/mol. The van der Waals surface area contributed by atoms with Crippen LogP contribution >= 0.6 is 35.6 Å². The van der Waals surface area contributed by atoms with Gasteiger partial charge >= 0.3 is 0 Å². The summed E-state index contributed by atoms with van der Waals surface area (Å²) in [6.45, 7) is 1.61. The molecule has 1 aromatic rings. The minimum absolute atomic E-state index is 0. The van der Waals surface area contributed by atoms with Gasteiger partial charge < -0.3 is 5.32 Å². The Bertz CT molecular complexity index is 425. The van der Waals surface area contributed by atoms with Crippen molar-refractivity contribution in [1.29, 1.82) is 0 Å². The molecule has 17 heavy (non-hydrogen) atoms. The van der Waals surface area contributed by atoms with Crippen molar-refractivity contribution >= 4 is 47.8 Å². The molecule has 0 atom stereocenters. The average molecular weight is 294 g/mol. The van der Waals surface area contributed by atoms with Gasteiger partial charge in [-0.2, -0.15) is 5.10 Å². The normalized spacial score (nSPS) is 14.1. The number of guanidine groups is 1. The van der Waals surface area contributed by atoms with Crippen LogP contribution in [0.5, 0.6) is 0 Å². The number of rotatable bonds is 2. The highest BCUT2D eigenvalue weighted by atomic mass is 35.5. The Morgan fingerprint density at radius 1 is 1.35 bits per heavy atom. The zero-order valence-electron chi connectivity index (χ0n) is 8.78. The van der Waals surface area contributed by atoms with Gasteiger partial charge in [0.05, 0.1) is 22.8 Å². The number of aliphatic imine (C=N–C) groups is 1. The fourth-order valence-corrected chi connectivity index (χ4v) is 1.76. The van der Waals surface area contributed by atoms with Crippen molar-refractivity contribution in [3.8, 4) is 0 Å². The Hall–Kier alpha value is -0.970. The molecule has 0 fully saturated rings. The van der Waals surface area contributed by atoms with E-state index in [-0.39, 0.29) is 12.4 Å². The molecule has 2 rings (SSSR count). The van der Waals surface area contributed by atoms with Crippen LogP contribution in [-0.2, 0) is 0 Å². The lowest BCUT2D eigenvalue weighted by molar-refractivity contribution is 0.920. The summed E-state index contributed by atoms with van der Waals surface area (Å²) in [5, 5.41) is 8.18. The molecule has 0 spiro atoms. The average Bonchev–Trinajstić information content (AvgIpc) is 2.75. The van der Waals surface area contributed by atoms with E-state index in [0.717, 1.165) is 13.1 Å². The third kappa shape index (κ3) is 3.77. The summed E-state index contributed by atoms with van der Waals surface area (Å²) in [7, 11) is 0. The van der Waals surface area contributed by atoms with E-state index in [1.54, 1.807) is 24.4 Å². The zero-order chi connectivity index (χ0) is 11.4. The van der Waals surface area contributed by atoms with Crippen molar-refractivity contribution in [2.75, 3.05) is 13.1 Å². The van der Waals surface area contributed by atoms with Crippen LogP contribution in [-0.4, -0.2) is 25.3 Å². The number of halogens is 3. The van der Waals surface area contributed by atoms with Crippen LogP contribution in [0.1, 0.15) is 5.56 Å². The first-order chi connectivity index (χ1) is 7.77. The van der Waals surface area contributed by atoms with Crippen LogP contribution in [0.25, 0.3) is 0 Å². The fourth-order valence-electron chi connectivity index (χ4n) is 1.26. The van der Waals surface area contributed by atoms with Gasteiger partial charge in [0, 0.05) is 12.1 Å². The quantitative estimate of drug-likeness (QED) is 0.649. The van der Waals surface area contributed by atoms with E-state index in [2.05, 4.69) is 20.8 Å². The molecule has 0 unspecified atom stereocenters. The molecule has 1 aliphatic rings. The molecule has 0 saturated carbocycles. The summed E-state index contributed by atoms with van der Waals surface area (Å²) < 4.78 is 0. The predicted octanol–water partition coefficient (Wildman–Crippen LogP) is 2.30. The largest absolute Gasteiger partial charge is 0.353 e. The molecule has 7 heteroatoms. The molecule has 1 aromatic carbocycles. The summed E-state index contributed by atoms with van der Waals surface area (Å²) in [4.78, 5) is 4.13. The summed E-state index contributed by atoms with van der Waals surface area (Å²) >= 11 is 12.0. The molecule has 0 bridgehead atoms. The van der Waals surface area contributed by atoms with Crippen molar-refractivity contribution in [3.05, 3.63) is 33.8 Å². The van der Waals surface area contributed by atoms with E-state index in [1.807, 2.05) is 0 Å². The van der Waals surface area contributed by atoms with Gasteiger partial charge in [-0.1, -0.05) is 29.3 Å². The van der Waals surface area contributed by atoms with Gasteiger partial charge in [-0.05, 0) is 12.1 Å². The van der Waals surface area contributed by atoms with E-state index < -0.39 is 0 Å². The minimum atomic E-state index is 0. The van der Waals surface area contributed by atoms with Crippen LogP contribution in [0.2, 0.25) is 10.0 Å². The van der Waals surface area contributed by atoms with Crippen LogP contribution < -0.4 is 10.7 Å². The molecule has 2 N–H and O–H groups in total. The number of hydrogen-bond acceptors (Lipinski definition) is 4. The lowest BCUT2D eigenvalue weighted by Crippen LogP contribution is -2.30. The number of nitrogens with zero attached hydrogens (tertiary/aromatic N) is 2. The predicted molar refractivity (Wildman–Crippen MR) is 74.7 cm³/mol. The second-order valence-corrected chi connectivity index (χ2v) is 3.98. The van der Waals surface area contributed by atoms with Crippen molar-refractivity contribution in [1.82, 2.24) is 10.7 Å². The van der Waals surface area contributed by atoms with Gasteiger partial charge in [0.1, 0.15) is 0 Å². The number of hydrogen-bond donors (Lipinski definition) is 2. The first kappa shape index (κ1) is 14.1. The van der Waals surface area contributed by atoms with Crippen molar-refractivity contribution in [3.63, 3.8) is 0 Å². The molecule has 0 saturated heterocycles. The van der Waals surface area contributed by atoms with Crippen molar-refractivity contribution < 1.29 is 0 Å². The Morgan fingerprint density at radius 3 is 2.65 bits per heavy atom. The van der Waals surface area contributed by atoms with E-state index in [4.69, 9.17) is 23.2 Å². The molecule has 0 radical (unpaired) electrons. The topological polar surface area (TPSA) is 48.8 Å². The zero-order valence-corrected chi connectivity index (χ0v) is 11.1. The molecule has 1 heterocycles. The summed E-state index contributed by atoms with van der Waals surface area (Å²) in [6, 6.07) is 5.32. The first-order valence-corrected chi connectivity index (χ1v) is 5.54. The molecule has 4 nitrogen and oxygen atoms in total. The number of nitrogens with one attached hydrogen (secondary N) is 2. The summed E-state index contributed by atoms with van der Waals surface area (Å²) in [5.41, 5.74) is 3.47. The maximum atomic E-state index is 5.98. The van der Waals surface area contributed by atoms with E-state index in [1.165, 1.54) is 0 Å². The fraction of sp³-hybridized carbons (Fsp3) is 0.200. The Balaban J connectivity index is 0.00000144. The second-order valence-electron chi connectivity index (χ2n) is 3.16. The Kier molecular flexibility index (Phi) is 5.55. The maximum Gasteiger partial charge on any atom is 0.212 e. The first-order valence-electron chi connectivity index (χ1n) is 4.79. The highest BCUT2D eigenvalue weighted by molar-refractivity contribution is 6.38. The van der Waals surface area contributed by atoms with Gasteiger partial charge in [-0.15, -0.1) is 12.4 Å². The maximum absolute atomic E-state index is 5.98. The minimum Gasteiger partial charge on any atom is -0.353 e. The van der Waals surface area contributed by atoms with Gasteiger partial charge in [0.2, 0.25) is 5.96 Å².